The zero-order valence-electron chi connectivity index (χ0n) is 15.5. The molecule has 1 aliphatic rings. The zero-order chi connectivity index (χ0) is 18.4. The number of amides is 1. The first-order valence-electron chi connectivity index (χ1n) is 9.12. The van der Waals surface area contributed by atoms with Crippen LogP contribution in [-0.2, 0) is 4.79 Å². The maximum Gasteiger partial charge on any atom is 0.241 e. The van der Waals surface area contributed by atoms with Crippen LogP contribution in [0, 0.1) is 13.8 Å². The van der Waals surface area contributed by atoms with E-state index in [1.165, 1.54) is 5.69 Å². The van der Waals surface area contributed by atoms with Gasteiger partial charge in [-0.3, -0.25) is 9.69 Å². The average molecular weight is 353 g/mol. The van der Waals surface area contributed by atoms with E-state index >= 15 is 0 Å². The molecule has 26 heavy (non-hydrogen) atoms. The number of aromatic amines is 1. The Morgan fingerprint density at radius 3 is 2.58 bits per heavy atom. The number of hydrazone groups is 1. The van der Waals surface area contributed by atoms with Crippen LogP contribution in [0.15, 0.2) is 41.5 Å². The van der Waals surface area contributed by atoms with Gasteiger partial charge in [-0.25, -0.2) is 5.43 Å². The standard InChI is InChI=1S/C20H27N5O/c1-16-14-18(17(2)22-16)15-21-23-20(26)8-9-24-10-12-25(13-11-24)19-6-4-3-5-7-19/h3-7,14-15,22H,8-13H2,1-2H3,(H,23,26)/b21-15+. The second kappa shape index (κ2) is 8.67. The number of benzene rings is 1. The fraction of sp³-hybridized carbons (Fsp3) is 0.400. The van der Waals surface area contributed by atoms with E-state index in [4.69, 9.17) is 0 Å². The van der Waals surface area contributed by atoms with Crippen LogP contribution in [0.4, 0.5) is 5.69 Å². The first kappa shape index (κ1) is 18.2. The van der Waals surface area contributed by atoms with Crippen LogP contribution in [0.5, 0.6) is 0 Å². The molecule has 1 aromatic heterocycles. The van der Waals surface area contributed by atoms with E-state index < -0.39 is 0 Å². The molecule has 6 nitrogen and oxygen atoms in total. The lowest BCUT2D eigenvalue weighted by Gasteiger charge is -2.36. The summed E-state index contributed by atoms with van der Waals surface area (Å²) in [6.07, 6.45) is 2.16. The second-order valence-electron chi connectivity index (χ2n) is 6.74. The third kappa shape index (κ3) is 4.95. The largest absolute Gasteiger partial charge is 0.369 e. The topological polar surface area (TPSA) is 63.7 Å². The summed E-state index contributed by atoms with van der Waals surface area (Å²) in [6.45, 7) is 8.71. The first-order chi connectivity index (χ1) is 12.6. The van der Waals surface area contributed by atoms with E-state index in [0.29, 0.717) is 6.42 Å². The van der Waals surface area contributed by atoms with E-state index in [1.54, 1.807) is 6.21 Å². The summed E-state index contributed by atoms with van der Waals surface area (Å²) in [5.41, 5.74) is 7.03. The van der Waals surface area contributed by atoms with Gasteiger partial charge in [0.1, 0.15) is 0 Å². The molecule has 0 spiro atoms. The predicted molar refractivity (Wildman–Crippen MR) is 106 cm³/mol. The molecule has 3 rings (SSSR count). The molecule has 0 atom stereocenters. The summed E-state index contributed by atoms with van der Waals surface area (Å²) in [6, 6.07) is 12.5. The SMILES string of the molecule is Cc1cc(/C=N/NC(=O)CCN2CCN(c3ccccc3)CC2)c(C)[nH]1. The minimum atomic E-state index is -0.0448. The average Bonchev–Trinajstić information content (AvgIpc) is 2.98. The van der Waals surface area contributed by atoms with Crippen molar-refractivity contribution in [3.8, 4) is 0 Å². The van der Waals surface area contributed by atoms with Gasteiger partial charge in [0, 0.05) is 61.8 Å². The van der Waals surface area contributed by atoms with Crippen LogP contribution in [0.25, 0.3) is 0 Å². The Hall–Kier alpha value is -2.60. The molecule has 0 bridgehead atoms. The first-order valence-corrected chi connectivity index (χ1v) is 9.12. The fourth-order valence-electron chi connectivity index (χ4n) is 3.24. The monoisotopic (exact) mass is 353 g/mol. The molecule has 1 aromatic carbocycles. The predicted octanol–water partition coefficient (Wildman–Crippen LogP) is 2.29. The molecule has 1 aliphatic heterocycles. The number of rotatable bonds is 6. The van der Waals surface area contributed by atoms with E-state index in [-0.39, 0.29) is 5.91 Å². The summed E-state index contributed by atoms with van der Waals surface area (Å²) in [7, 11) is 0. The molecule has 0 aliphatic carbocycles. The van der Waals surface area contributed by atoms with Crippen molar-refractivity contribution in [2.24, 2.45) is 5.10 Å². The molecule has 0 unspecified atom stereocenters. The van der Waals surface area contributed by atoms with Gasteiger partial charge < -0.3 is 9.88 Å². The number of carbonyl (C=O) groups is 1. The maximum absolute atomic E-state index is 12.0. The van der Waals surface area contributed by atoms with Crippen LogP contribution >= 0.6 is 0 Å². The Bertz CT molecular complexity index is 745. The molecule has 6 heteroatoms. The number of anilines is 1. The number of hydrogen-bond acceptors (Lipinski definition) is 4. The van der Waals surface area contributed by atoms with Crippen LogP contribution in [0.3, 0.4) is 0 Å². The van der Waals surface area contributed by atoms with Crippen molar-refractivity contribution in [1.82, 2.24) is 15.3 Å². The van der Waals surface area contributed by atoms with Gasteiger partial charge in [-0.15, -0.1) is 0 Å². The summed E-state index contributed by atoms with van der Waals surface area (Å²) in [5.74, 6) is -0.0448. The van der Waals surface area contributed by atoms with Crippen molar-refractivity contribution in [3.63, 3.8) is 0 Å². The molecule has 2 N–H and O–H groups in total. The third-order valence-electron chi connectivity index (χ3n) is 4.73. The Morgan fingerprint density at radius 1 is 1.19 bits per heavy atom. The number of piperazine rings is 1. The summed E-state index contributed by atoms with van der Waals surface area (Å²) in [4.78, 5) is 19.9. The highest BCUT2D eigenvalue weighted by atomic mass is 16.2. The van der Waals surface area contributed by atoms with Gasteiger partial charge >= 0.3 is 0 Å². The third-order valence-corrected chi connectivity index (χ3v) is 4.73. The van der Waals surface area contributed by atoms with Crippen molar-refractivity contribution in [3.05, 3.63) is 53.3 Å². The summed E-state index contributed by atoms with van der Waals surface area (Å²) < 4.78 is 0. The second-order valence-corrected chi connectivity index (χ2v) is 6.74. The molecule has 2 heterocycles. The van der Waals surface area contributed by atoms with Gasteiger partial charge in [0.25, 0.3) is 0 Å². The van der Waals surface area contributed by atoms with Gasteiger partial charge in [0.05, 0.1) is 6.21 Å². The molecule has 1 amide bonds. The lowest BCUT2D eigenvalue weighted by atomic mass is 10.2. The van der Waals surface area contributed by atoms with E-state index in [2.05, 4.69) is 49.6 Å². The van der Waals surface area contributed by atoms with E-state index in [1.807, 2.05) is 26.0 Å². The molecule has 0 saturated carbocycles. The number of nitrogens with one attached hydrogen (secondary N) is 2. The highest BCUT2D eigenvalue weighted by Gasteiger charge is 2.17. The van der Waals surface area contributed by atoms with Crippen molar-refractivity contribution in [2.45, 2.75) is 20.3 Å². The number of carbonyl (C=O) groups excluding carboxylic acids is 1. The van der Waals surface area contributed by atoms with Crippen molar-refractivity contribution in [1.29, 1.82) is 0 Å². The number of hydrogen-bond donors (Lipinski definition) is 2. The minimum absolute atomic E-state index is 0.0448. The Morgan fingerprint density at radius 2 is 1.92 bits per heavy atom. The Labute approximate surface area is 154 Å². The number of nitrogens with zero attached hydrogens (tertiary/aromatic N) is 3. The summed E-state index contributed by atoms with van der Waals surface area (Å²) in [5, 5.41) is 4.06. The Kier molecular flexibility index (Phi) is 6.07. The lowest BCUT2D eigenvalue weighted by Crippen LogP contribution is -2.47. The molecule has 1 saturated heterocycles. The van der Waals surface area contributed by atoms with Gasteiger partial charge in [0.2, 0.25) is 5.91 Å². The van der Waals surface area contributed by atoms with Gasteiger partial charge in [-0.2, -0.15) is 5.10 Å². The van der Waals surface area contributed by atoms with Crippen molar-refractivity contribution < 1.29 is 4.79 Å². The Balaban J connectivity index is 1.37. The summed E-state index contributed by atoms with van der Waals surface area (Å²) >= 11 is 0. The quantitative estimate of drug-likeness (QED) is 0.619. The van der Waals surface area contributed by atoms with Gasteiger partial charge in [0.15, 0.2) is 0 Å². The van der Waals surface area contributed by atoms with Crippen LogP contribution in [0.1, 0.15) is 23.4 Å². The van der Waals surface area contributed by atoms with Crippen LogP contribution < -0.4 is 10.3 Å². The molecule has 0 radical (unpaired) electrons. The fourth-order valence-corrected chi connectivity index (χ4v) is 3.24. The normalized spacial score (nSPS) is 15.5. The molecular weight excluding hydrogens is 326 g/mol. The maximum atomic E-state index is 12.0. The highest BCUT2D eigenvalue weighted by molar-refractivity contribution is 5.83. The molecule has 2 aromatic rings. The zero-order valence-corrected chi connectivity index (χ0v) is 15.5. The molecule has 1 fully saturated rings. The van der Waals surface area contributed by atoms with E-state index in [9.17, 15) is 4.79 Å². The number of aromatic nitrogens is 1. The molecular formula is C20H27N5O. The molecule has 138 valence electrons. The van der Waals surface area contributed by atoms with Gasteiger partial charge in [-0.05, 0) is 32.0 Å². The van der Waals surface area contributed by atoms with E-state index in [0.717, 1.165) is 49.7 Å². The van der Waals surface area contributed by atoms with Crippen LogP contribution in [0.2, 0.25) is 0 Å². The number of aryl methyl sites for hydroxylation is 2. The minimum Gasteiger partial charge on any atom is -0.369 e. The number of H-pyrrole nitrogens is 1. The smallest absolute Gasteiger partial charge is 0.241 e. The van der Waals surface area contributed by atoms with Crippen molar-refractivity contribution in [2.75, 3.05) is 37.6 Å². The van der Waals surface area contributed by atoms with Crippen LogP contribution in [-0.4, -0.2) is 54.7 Å². The van der Waals surface area contributed by atoms with Gasteiger partial charge in [-0.1, -0.05) is 18.2 Å². The van der Waals surface area contributed by atoms with Crippen molar-refractivity contribution >= 4 is 17.8 Å². The lowest BCUT2D eigenvalue weighted by molar-refractivity contribution is -0.121. The highest BCUT2D eigenvalue weighted by Crippen LogP contribution is 2.15. The number of para-hydroxylation sites is 1.